The average molecular weight is 377 g/mol. The molecule has 0 aliphatic carbocycles. The van der Waals surface area contributed by atoms with Gasteiger partial charge in [-0.2, -0.15) is 0 Å². The van der Waals surface area contributed by atoms with E-state index >= 15 is 0 Å². The number of hydrogen-bond acceptors (Lipinski definition) is 2. The molecule has 5 aromatic rings. The van der Waals surface area contributed by atoms with Gasteiger partial charge in [-0.25, -0.2) is 9.97 Å². The first-order valence-corrected chi connectivity index (χ1v) is 10.1. The number of hydrogen-bond donors (Lipinski definition) is 0. The maximum absolute atomic E-state index is 4.55. The van der Waals surface area contributed by atoms with Crippen LogP contribution in [0, 0.1) is 5.92 Å². The van der Waals surface area contributed by atoms with E-state index in [9.17, 15) is 0 Å². The van der Waals surface area contributed by atoms with Gasteiger partial charge in [0, 0.05) is 27.7 Å². The number of nitrogens with zero attached hydrogens (tertiary/aromatic N) is 3. The highest BCUT2D eigenvalue weighted by Crippen LogP contribution is 2.34. The zero-order valence-electron chi connectivity index (χ0n) is 16.7. The minimum atomic E-state index is 0.573. The van der Waals surface area contributed by atoms with Gasteiger partial charge in [-0.1, -0.05) is 56.3 Å². The maximum atomic E-state index is 4.55. The topological polar surface area (TPSA) is 30.7 Å². The fourth-order valence-electron chi connectivity index (χ4n) is 4.07. The molecule has 0 bridgehead atoms. The molecule has 0 aliphatic rings. The van der Waals surface area contributed by atoms with Crippen LogP contribution in [0.4, 0.5) is 0 Å². The molecule has 0 radical (unpaired) electrons. The molecular weight excluding hydrogens is 354 g/mol. The molecule has 2 heterocycles. The molecule has 0 atom stereocenters. The van der Waals surface area contributed by atoms with Crippen molar-refractivity contribution >= 4 is 21.8 Å². The molecule has 0 N–H and O–H groups in total. The highest BCUT2D eigenvalue weighted by atomic mass is 15.0. The van der Waals surface area contributed by atoms with E-state index in [-0.39, 0.29) is 0 Å². The number of benzene rings is 3. The van der Waals surface area contributed by atoms with E-state index in [2.05, 4.69) is 107 Å². The van der Waals surface area contributed by atoms with Crippen molar-refractivity contribution in [2.75, 3.05) is 0 Å². The van der Waals surface area contributed by atoms with Gasteiger partial charge in [0.15, 0.2) is 0 Å². The Hall–Kier alpha value is -3.46. The molecule has 0 fully saturated rings. The van der Waals surface area contributed by atoms with E-state index in [4.69, 9.17) is 0 Å². The summed E-state index contributed by atoms with van der Waals surface area (Å²) >= 11 is 0. The van der Waals surface area contributed by atoms with Crippen LogP contribution in [0.15, 0.2) is 85.2 Å². The summed E-state index contributed by atoms with van der Waals surface area (Å²) in [6, 6.07) is 27.9. The molecule has 5 rings (SSSR count). The van der Waals surface area contributed by atoms with E-state index in [1.165, 1.54) is 27.5 Å². The third-order valence-electron chi connectivity index (χ3n) is 5.32. The number of aromatic nitrogens is 3. The number of para-hydroxylation sites is 2. The first kappa shape index (κ1) is 17.6. The van der Waals surface area contributed by atoms with Crippen molar-refractivity contribution in [3.63, 3.8) is 0 Å². The van der Waals surface area contributed by atoms with Gasteiger partial charge in [-0.05, 0) is 48.7 Å². The SMILES string of the molecule is CC(C)Cc1cc(-c2ccc3c(c2)c2ccccc2n3-c2ccccc2)ncn1. The molecule has 0 spiro atoms. The van der Waals surface area contributed by atoms with Gasteiger partial charge < -0.3 is 4.57 Å². The van der Waals surface area contributed by atoms with Crippen molar-refractivity contribution in [2.45, 2.75) is 20.3 Å². The predicted octanol–water partition coefficient (Wildman–Crippen LogP) is 6.44. The molecule has 29 heavy (non-hydrogen) atoms. The van der Waals surface area contributed by atoms with Crippen LogP contribution in [0.25, 0.3) is 38.8 Å². The minimum Gasteiger partial charge on any atom is -0.309 e. The van der Waals surface area contributed by atoms with Crippen molar-refractivity contribution in [3.05, 3.63) is 90.9 Å². The van der Waals surface area contributed by atoms with Gasteiger partial charge in [0.2, 0.25) is 0 Å². The van der Waals surface area contributed by atoms with Gasteiger partial charge in [0.25, 0.3) is 0 Å². The van der Waals surface area contributed by atoms with Crippen LogP contribution < -0.4 is 0 Å². The second-order valence-corrected chi connectivity index (χ2v) is 7.91. The fraction of sp³-hybridized carbons (Fsp3) is 0.154. The highest BCUT2D eigenvalue weighted by Gasteiger charge is 2.13. The summed E-state index contributed by atoms with van der Waals surface area (Å²) in [4.78, 5) is 9.00. The van der Waals surface area contributed by atoms with Crippen LogP contribution in [0.5, 0.6) is 0 Å². The normalized spacial score (nSPS) is 11.6. The Morgan fingerprint density at radius 2 is 1.52 bits per heavy atom. The highest BCUT2D eigenvalue weighted by molar-refractivity contribution is 6.10. The van der Waals surface area contributed by atoms with E-state index in [1.807, 2.05) is 0 Å². The van der Waals surface area contributed by atoms with Crippen LogP contribution in [-0.4, -0.2) is 14.5 Å². The molecule has 0 aliphatic heterocycles. The summed E-state index contributed by atoms with van der Waals surface area (Å²) in [7, 11) is 0. The lowest BCUT2D eigenvalue weighted by molar-refractivity contribution is 0.634. The number of fused-ring (bicyclic) bond motifs is 3. The predicted molar refractivity (Wildman–Crippen MR) is 120 cm³/mol. The van der Waals surface area contributed by atoms with Crippen molar-refractivity contribution in [3.8, 4) is 16.9 Å². The summed E-state index contributed by atoms with van der Waals surface area (Å²) < 4.78 is 2.33. The van der Waals surface area contributed by atoms with Gasteiger partial charge >= 0.3 is 0 Å². The van der Waals surface area contributed by atoms with Crippen LogP contribution in [0.3, 0.4) is 0 Å². The second-order valence-electron chi connectivity index (χ2n) is 7.91. The molecule has 2 aromatic heterocycles. The molecule has 0 unspecified atom stereocenters. The lowest BCUT2D eigenvalue weighted by Gasteiger charge is -2.08. The molecule has 3 heteroatoms. The Morgan fingerprint density at radius 1 is 0.759 bits per heavy atom. The van der Waals surface area contributed by atoms with Crippen LogP contribution >= 0.6 is 0 Å². The smallest absolute Gasteiger partial charge is 0.116 e. The van der Waals surface area contributed by atoms with Gasteiger partial charge in [-0.15, -0.1) is 0 Å². The molecule has 0 amide bonds. The lowest BCUT2D eigenvalue weighted by Crippen LogP contribution is -1.98. The maximum Gasteiger partial charge on any atom is 0.116 e. The standard InChI is InChI=1S/C26H23N3/c1-18(2)14-20-16-24(28-17-27-20)19-12-13-26-23(15-19)22-10-6-7-11-25(22)29(26)21-8-4-3-5-9-21/h3-13,15-18H,14H2,1-2H3. The van der Waals surface area contributed by atoms with E-state index in [1.54, 1.807) is 6.33 Å². The summed E-state index contributed by atoms with van der Waals surface area (Å²) in [5, 5.41) is 2.50. The van der Waals surface area contributed by atoms with Crippen LogP contribution in [0.1, 0.15) is 19.5 Å². The Balaban J connectivity index is 1.72. The van der Waals surface area contributed by atoms with Crippen molar-refractivity contribution < 1.29 is 0 Å². The largest absolute Gasteiger partial charge is 0.309 e. The van der Waals surface area contributed by atoms with E-state index < -0.39 is 0 Å². The molecule has 3 aromatic carbocycles. The van der Waals surface area contributed by atoms with Crippen molar-refractivity contribution in [1.29, 1.82) is 0 Å². The molecule has 3 nitrogen and oxygen atoms in total. The fourth-order valence-corrected chi connectivity index (χ4v) is 4.07. The zero-order valence-corrected chi connectivity index (χ0v) is 16.7. The number of rotatable bonds is 4. The summed E-state index contributed by atoms with van der Waals surface area (Å²) in [6.45, 7) is 4.43. The monoisotopic (exact) mass is 377 g/mol. The third kappa shape index (κ3) is 3.19. The molecular formula is C26H23N3. The van der Waals surface area contributed by atoms with Gasteiger partial charge in [-0.3, -0.25) is 0 Å². The first-order chi connectivity index (χ1) is 14.2. The summed E-state index contributed by atoms with van der Waals surface area (Å²) in [5.41, 5.74) is 6.80. The lowest BCUT2D eigenvalue weighted by atomic mass is 10.0. The zero-order chi connectivity index (χ0) is 19.8. The first-order valence-electron chi connectivity index (χ1n) is 10.1. The van der Waals surface area contributed by atoms with Crippen LogP contribution in [0.2, 0.25) is 0 Å². The average Bonchev–Trinajstić information content (AvgIpc) is 3.08. The molecule has 0 saturated carbocycles. The molecule has 142 valence electrons. The molecule has 0 saturated heterocycles. The summed E-state index contributed by atoms with van der Waals surface area (Å²) in [5.74, 6) is 0.573. The van der Waals surface area contributed by atoms with E-state index in [0.717, 1.165) is 23.4 Å². The third-order valence-corrected chi connectivity index (χ3v) is 5.32. The Bertz CT molecular complexity index is 1300. The van der Waals surface area contributed by atoms with Gasteiger partial charge in [0.1, 0.15) is 6.33 Å². The van der Waals surface area contributed by atoms with E-state index in [0.29, 0.717) is 5.92 Å². The minimum absolute atomic E-state index is 0.573. The van der Waals surface area contributed by atoms with Gasteiger partial charge in [0.05, 0.1) is 16.7 Å². The Morgan fingerprint density at radius 3 is 2.34 bits per heavy atom. The van der Waals surface area contributed by atoms with Crippen LogP contribution in [-0.2, 0) is 6.42 Å². The van der Waals surface area contributed by atoms with Crippen molar-refractivity contribution in [1.82, 2.24) is 14.5 Å². The Labute approximate surface area is 170 Å². The quantitative estimate of drug-likeness (QED) is 0.361. The van der Waals surface area contributed by atoms with Crippen molar-refractivity contribution in [2.24, 2.45) is 5.92 Å². The Kier molecular flexibility index (Phi) is 4.36. The second kappa shape index (κ2) is 7.17. The summed E-state index contributed by atoms with van der Waals surface area (Å²) in [6.07, 6.45) is 2.65.